The number of halogens is 1. The van der Waals surface area contributed by atoms with E-state index in [9.17, 15) is 14.0 Å². The van der Waals surface area contributed by atoms with Crippen LogP contribution < -0.4 is 16.0 Å². The van der Waals surface area contributed by atoms with Crippen LogP contribution in [0.5, 0.6) is 0 Å². The molecular weight excluding hydrogens is 369 g/mol. The van der Waals surface area contributed by atoms with Gasteiger partial charge in [-0.15, -0.1) is 0 Å². The molecule has 3 amide bonds. The first-order valence-corrected chi connectivity index (χ1v) is 9.95. The van der Waals surface area contributed by atoms with Crippen LogP contribution in [0.25, 0.3) is 0 Å². The van der Waals surface area contributed by atoms with Gasteiger partial charge in [0.15, 0.2) is 0 Å². The van der Waals surface area contributed by atoms with Gasteiger partial charge in [-0.2, -0.15) is 0 Å². The van der Waals surface area contributed by atoms with Gasteiger partial charge in [0.05, 0.1) is 0 Å². The molecule has 0 radical (unpaired) electrons. The molecule has 1 unspecified atom stereocenters. The fraction of sp³-hybridized carbons (Fsp3) is 0.391. The van der Waals surface area contributed by atoms with Gasteiger partial charge in [0, 0.05) is 13.1 Å². The van der Waals surface area contributed by atoms with Crippen LogP contribution in [0.3, 0.4) is 0 Å². The molecule has 5 nitrogen and oxygen atoms in total. The van der Waals surface area contributed by atoms with E-state index in [1.807, 2.05) is 45.0 Å². The third-order valence-corrected chi connectivity index (χ3v) is 4.53. The molecule has 3 N–H and O–H groups in total. The Kier molecular flexibility index (Phi) is 8.65. The number of amides is 3. The van der Waals surface area contributed by atoms with E-state index in [0.717, 1.165) is 16.7 Å². The number of urea groups is 1. The Hall–Kier alpha value is -2.89. The van der Waals surface area contributed by atoms with Crippen LogP contribution in [-0.2, 0) is 17.8 Å². The largest absolute Gasteiger partial charge is 0.354 e. The minimum absolute atomic E-state index is 0.216. The Morgan fingerprint density at radius 1 is 0.931 bits per heavy atom. The maximum absolute atomic E-state index is 13.0. The number of nitrogens with one attached hydrogen (secondary N) is 3. The first kappa shape index (κ1) is 22.4. The zero-order chi connectivity index (χ0) is 21.2. The normalized spacial score (nSPS) is 11.8. The van der Waals surface area contributed by atoms with Gasteiger partial charge in [0.2, 0.25) is 5.91 Å². The Morgan fingerprint density at radius 3 is 2.17 bits per heavy atom. The summed E-state index contributed by atoms with van der Waals surface area (Å²) in [5, 5.41) is 8.43. The van der Waals surface area contributed by atoms with E-state index in [1.165, 1.54) is 12.1 Å². The van der Waals surface area contributed by atoms with E-state index < -0.39 is 6.04 Å². The van der Waals surface area contributed by atoms with Crippen LogP contribution >= 0.6 is 0 Å². The van der Waals surface area contributed by atoms with E-state index >= 15 is 0 Å². The second-order valence-electron chi connectivity index (χ2n) is 7.66. The molecule has 29 heavy (non-hydrogen) atoms. The molecule has 0 saturated carbocycles. The molecule has 0 fully saturated rings. The van der Waals surface area contributed by atoms with Gasteiger partial charge in [-0.1, -0.05) is 55.8 Å². The van der Waals surface area contributed by atoms with E-state index in [-0.39, 0.29) is 23.7 Å². The van der Waals surface area contributed by atoms with Crippen molar-refractivity contribution in [3.8, 4) is 0 Å². The van der Waals surface area contributed by atoms with Gasteiger partial charge >= 0.3 is 6.03 Å². The third kappa shape index (κ3) is 8.34. The van der Waals surface area contributed by atoms with Gasteiger partial charge in [-0.05, 0) is 48.9 Å². The van der Waals surface area contributed by atoms with Gasteiger partial charge in [0.25, 0.3) is 0 Å². The highest BCUT2D eigenvalue weighted by Gasteiger charge is 2.21. The van der Waals surface area contributed by atoms with Crippen molar-refractivity contribution >= 4 is 11.9 Å². The fourth-order valence-corrected chi connectivity index (χ4v) is 2.90. The number of carbonyl (C=O) groups is 2. The SMILES string of the molecule is Cc1ccc(CNC(=O)NC(CC(C)C)C(=O)NCCc2ccc(F)cc2)cc1. The summed E-state index contributed by atoms with van der Waals surface area (Å²) in [7, 11) is 0. The van der Waals surface area contributed by atoms with E-state index in [0.29, 0.717) is 25.9 Å². The highest BCUT2D eigenvalue weighted by atomic mass is 19.1. The van der Waals surface area contributed by atoms with Gasteiger partial charge < -0.3 is 16.0 Å². The quantitative estimate of drug-likeness (QED) is 0.602. The zero-order valence-corrected chi connectivity index (χ0v) is 17.3. The Balaban J connectivity index is 1.82. The number of carbonyl (C=O) groups excluding carboxylic acids is 2. The highest BCUT2D eigenvalue weighted by molar-refractivity contribution is 5.87. The predicted octanol–water partition coefficient (Wildman–Crippen LogP) is 3.71. The lowest BCUT2D eigenvalue weighted by atomic mass is 10.0. The summed E-state index contributed by atoms with van der Waals surface area (Å²) in [4.78, 5) is 24.8. The summed E-state index contributed by atoms with van der Waals surface area (Å²) in [6, 6.07) is 13.1. The maximum atomic E-state index is 13.0. The van der Waals surface area contributed by atoms with E-state index in [2.05, 4.69) is 16.0 Å². The minimum atomic E-state index is -0.610. The number of hydrogen-bond donors (Lipinski definition) is 3. The predicted molar refractivity (Wildman–Crippen MR) is 113 cm³/mol. The van der Waals surface area contributed by atoms with Crippen molar-refractivity contribution in [1.82, 2.24) is 16.0 Å². The van der Waals surface area contributed by atoms with Crippen LogP contribution in [0, 0.1) is 18.7 Å². The Bertz CT molecular complexity index is 789. The summed E-state index contributed by atoms with van der Waals surface area (Å²) in [6.45, 7) is 6.84. The molecule has 2 rings (SSSR count). The molecule has 2 aromatic carbocycles. The van der Waals surface area contributed by atoms with E-state index in [1.54, 1.807) is 12.1 Å². The molecule has 1 atom stereocenters. The first-order valence-electron chi connectivity index (χ1n) is 9.95. The van der Waals surface area contributed by atoms with Crippen molar-refractivity contribution < 1.29 is 14.0 Å². The topological polar surface area (TPSA) is 70.2 Å². The molecular formula is C23H30FN3O2. The van der Waals surface area contributed by atoms with E-state index in [4.69, 9.17) is 0 Å². The molecule has 0 heterocycles. The Labute approximate surface area is 172 Å². The lowest BCUT2D eigenvalue weighted by Gasteiger charge is -2.20. The molecule has 156 valence electrons. The van der Waals surface area contributed by atoms with Crippen LogP contribution in [0.4, 0.5) is 9.18 Å². The standard InChI is InChI=1S/C23H30FN3O2/c1-16(2)14-21(22(28)25-13-12-18-8-10-20(24)11-9-18)27-23(29)26-15-19-6-4-17(3)5-7-19/h4-11,16,21H,12-15H2,1-3H3,(H,25,28)(H2,26,27,29). The second kappa shape index (κ2) is 11.2. The van der Waals surface area contributed by atoms with Crippen LogP contribution in [0.15, 0.2) is 48.5 Å². The average Bonchev–Trinajstić information content (AvgIpc) is 2.68. The lowest BCUT2D eigenvalue weighted by Crippen LogP contribution is -2.50. The van der Waals surface area contributed by atoms with Gasteiger partial charge in [-0.3, -0.25) is 4.79 Å². The number of hydrogen-bond acceptors (Lipinski definition) is 2. The monoisotopic (exact) mass is 399 g/mol. The van der Waals surface area contributed by atoms with Crippen molar-refractivity contribution in [3.63, 3.8) is 0 Å². The lowest BCUT2D eigenvalue weighted by molar-refractivity contribution is -0.123. The van der Waals surface area contributed by atoms with Gasteiger partial charge in [-0.25, -0.2) is 9.18 Å². The smallest absolute Gasteiger partial charge is 0.315 e. The minimum Gasteiger partial charge on any atom is -0.354 e. The molecule has 0 aliphatic carbocycles. The molecule has 0 aliphatic heterocycles. The maximum Gasteiger partial charge on any atom is 0.315 e. The fourth-order valence-electron chi connectivity index (χ4n) is 2.90. The first-order chi connectivity index (χ1) is 13.8. The molecule has 0 spiro atoms. The summed E-state index contributed by atoms with van der Waals surface area (Å²) in [5.74, 6) is -0.248. The molecule has 0 aliphatic rings. The van der Waals surface area contributed by atoms with Crippen molar-refractivity contribution in [3.05, 3.63) is 71.0 Å². The second-order valence-corrected chi connectivity index (χ2v) is 7.66. The summed E-state index contributed by atoms with van der Waals surface area (Å²) in [5.41, 5.74) is 3.10. The van der Waals surface area contributed by atoms with Crippen LogP contribution in [0.1, 0.15) is 37.0 Å². The molecule has 0 aromatic heterocycles. The third-order valence-electron chi connectivity index (χ3n) is 4.53. The number of benzene rings is 2. The average molecular weight is 400 g/mol. The molecule has 6 heteroatoms. The zero-order valence-electron chi connectivity index (χ0n) is 17.3. The Morgan fingerprint density at radius 2 is 1.55 bits per heavy atom. The van der Waals surface area contributed by atoms with Gasteiger partial charge in [0.1, 0.15) is 11.9 Å². The molecule has 0 saturated heterocycles. The summed E-state index contributed by atoms with van der Waals surface area (Å²) >= 11 is 0. The highest BCUT2D eigenvalue weighted by Crippen LogP contribution is 2.07. The summed E-state index contributed by atoms with van der Waals surface area (Å²) in [6.07, 6.45) is 1.14. The van der Waals surface area contributed by atoms with Crippen molar-refractivity contribution in [2.45, 2.75) is 46.2 Å². The van der Waals surface area contributed by atoms with Crippen molar-refractivity contribution in [2.24, 2.45) is 5.92 Å². The van der Waals surface area contributed by atoms with Crippen molar-refractivity contribution in [1.29, 1.82) is 0 Å². The number of aryl methyl sites for hydroxylation is 1. The van der Waals surface area contributed by atoms with Crippen LogP contribution in [-0.4, -0.2) is 24.5 Å². The van der Waals surface area contributed by atoms with Crippen molar-refractivity contribution in [2.75, 3.05) is 6.54 Å². The summed E-state index contributed by atoms with van der Waals surface area (Å²) < 4.78 is 13.0. The van der Waals surface area contributed by atoms with Crippen LogP contribution in [0.2, 0.25) is 0 Å². The molecule has 0 bridgehead atoms. The molecule has 2 aromatic rings. The number of rotatable bonds is 9.